The van der Waals surface area contributed by atoms with Crippen molar-refractivity contribution >= 4 is 29.2 Å². The highest BCUT2D eigenvalue weighted by Gasteiger charge is 2.21. The van der Waals surface area contributed by atoms with Crippen molar-refractivity contribution in [3.8, 4) is 0 Å². The van der Waals surface area contributed by atoms with Crippen molar-refractivity contribution in [3.63, 3.8) is 0 Å². The zero-order valence-corrected chi connectivity index (χ0v) is 16.5. The van der Waals surface area contributed by atoms with Gasteiger partial charge in [0, 0.05) is 44.4 Å². The fourth-order valence-corrected chi connectivity index (χ4v) is 3.21. The number of nitrogens with zero attached hydrogens (tertiary/aromatic N) is 3. The molecule has 0 unspecified atom stereocenters. The molecule has 1 heterocycles. The Morgan fingerprint density at radius 2 is 1.82 bits per heavy atom. The second kappa shape index (κ2) is 9.07. The lowest BCUT2D eigenvalue weighted by Crippen LogP contribution is -2.46. The first kappa shape index (κ1) is 20.2. The highest BCUT2D eigenvalue weighted by Crippen LogP contribution is 2.24. The number of thiocarbonyl (C=S) groups is 1. The summed E-state index contributed by atoms with van der Waals surface area (Å²) in [5, 5.41) is 3.63. The molecule has 1 fully saturated rings. The van der Waals surface area contributed by atoms with Gasteiger partial charge in [-0.3, -0.25) is 10.3 Å². The van der Waals surface area contributed by atoms with Gasteiger partial charge >= 0.3 is 0 Å². The van der Waals surface area contributed by atoms with Crippen LogP contribution in [-0.4, -0.2) is 42.4 Å². The number of aryl methyl sites for hydroxylation is 1. The van der Waals surface area contributed by atoms with Gasteiger partial charge in [-0.2, -0.15) is 5.10 Å². The Kier molecular flexibility index (Phi) is 6.53. The minimum Gasteiger partial charge on any atom is -0.375 e. The van der Waals surface area contributed by atoms with Crippen LogP contribution in [0.3, 0.4) is 0 Å². The van der Waals surface area contributed by atoms with Crippen LogP contribution in [0.25, 0.3) is 0 Å². The predicted octanol–water partition coefficient (Wildman–Crippen LogP) is 2.76. The van der Waals surface area contributed by atoms with Gasteiger partial charge in [0.25, 0.3) is 0 Å². The molecule has 3 rings (SSSR count). The second-order valence-electron chi connectivity index (χ2n) is 6.81. The SMILES string of the molecule is Cc1ccc(CN2CCN(c3cc(F)c(/C=N/NC(N)=S)cc3F)CC2)cc1. The number of hydrogen-bond acceptors (Lipinski definition) is 4. The number of nitrogens with two attached hydrogens (primary N) is 1. The van der Waals surface area contributed by atoms with Crippen molar-refractivity contribution in [1.82, 2.24) is 10.3 Å². The molecule has 0 saturated carbocycles. The number of hydrogen-bond donors (Lipinski definition) is 2. The largest absolute Gasteiger partial charge is 0.375 e. The molecule has 1 aliphatic heterocycles. The molecule has 0 amide bonds. The molecule has 2 aromatic rings. The van der Waals surface area contributed by atoms with Gasteiger partial charge in [-0.15, -0.1) is 0 Å². The fraction of sp³-hybridized carbons (Fsp3) is 0.300. The number of piperazine rings is 1. The number of anilines is 1. The Bertz CT molecular complexity index is 862. The zero-order chi connectivity index (χ0) is 20.1. The number of rotatable bonds is 5. The molecule has 8 heteroatoms. The van der Waals surface area contributed by atoms with E-state index in [0.717, 1.165) is 31.9 Å². The quantitative estimate of drug-likeness (QED) is 0.457. The molecule has 5 nitrogen and oxygen atoms in total. The van der Waals surface area contributed by atoms with E-state index in [1.54, 1.807) is 0 Å². The van der Waals surface area contributed by atoms with Crippen LogP contribution in [0.4, 0.5) is 14.5 Å². The van der Waals surface area contributed by atoms with Crippen molar-refractivity contribution in [2.24, 2.45) is 10.8 Å². The molecule has 0 aliphatic carbocycles. The van der Waals surface area contributed by atoms with Crippen LogP contribution in [0.2, 0.25) is 0 Å². The van der Waals surface area contributed by atoms with Crippen LogP contribution in [0, 0.1) is 18.6 Å². The summed E-state index contributed by atoms with van der Waals surface area (Å²) in [4.78, 5) is 4.19. The van der Waals surface area contributed by atoms with Gasteiger partial charge < -0.3 is 10.6 Å². The maximum absolute atomic E-state index is 14.5. The first-order valence-electron chi connectivity index (χ1n) is 9.03. The molecule has 28 heavy (non-hydrogen) atoms. The first-order valence-corrected chi connectivity index (χ1v) is 9.43. The van der Waals surface area contributed by atoms with Gasteiger partial charge in [-0.1, -0.05) is 29.8 Å². The standard InChI is InChI=1S/C20H23F2N5S/c1-14-2-4-15(5-3-14)13-26-6-8-27(9-7-26)19-11-17(21)16(10-18(19)22)12-24-25-20(23)28/h2-5,10-12H,6-9,13H2,1H3,(H3,23,25,28)/b24-12+. The van der Waals surface area contributed by atoms with Gasteiger partial charge in [0.15, 0.2) is 5.11 Å². The van der Waals surface area contributed by atoms with Crippen LogP contribution >= 0.6 is 12.2 Å². The van der Waals surface area contributed by atoms with E-state index in [0.29, 0.717) is 13.1 Å². The smallest absolute Gasteiger partial charge is 0.184 e. The minimum absolute atomic E-state index is 0.0306. The summed E-state index contributed by atoms with van der Waals surface area (Å²) in [5.41, 5.74) is 10.4. The molecular formula is C20H23F2N5S. The van der Waals surface area contributed by atoms with Crippen molar-refractivity contribution in [2.45, 2.75) is 13.5 Å². The van der Waals surface area contributed by atoms with E-state index in [4.69, 9.17) is 5.73 Å². The maximum atomic E-state index is 14.5. The third kappa shape index (κ3) is 5.24. The Balaban J connectivity index is 1.62. The summed E-state index contributed by atoms with van der Waals surface area (Å²) in [5.74, 6) is -1.03. The first-order chi connectivity index (χ1) is 13.4. The lowest BCUT2D eigenvalue weighted by molar-refractivity contribution is 0.249. The number of benzene rings is 2. The molecular weight excluding hydrogens is 380 g/mol. The molecule has 0 radical (unpaired) electrons. The summed E-state index contributed by atoms with van der Waals surface area (Å²) in [6.45, 7) is 5.77. The van der Waals surface area contributed by atoms with Crippen LogP contribution < -0.4 is 16.1 Å². The topological polar surface area (TPSA) is 56.9 Å². The molecule has 1 aliphatic rings. The fourth-order valence-electron chi connectivity index (χ4n) is 3.16. The molecule has 3 N–H and O–H groups in total. The molecule has 2 aromatic carbocycles. The van der Waals surface area contributed by atoms with Gasteiger partial charge in [0.1, 0.15) is 11.6 Å². The highest BCUT2D eigenvalue weighted by molar-refractivity contribution is 7.80. The summed E-state index contributed by atoms with van der Waals surface area (Å²) in [6, 6.07) is 10.8. The predicted molar refractivity (Wildman–Crippen MR) is 113 cm³/mol. The van der Waals surface area contributed by atoms with E-state index in [1.807, 2.05) is 4.90 Å². The summed E-state index contributed by atoms with van der Waals surface area (Å²) < 4.78 is 28.8. The van der Waals surface area contributed by atoms with Gasteiger partial charge in [-0.05, 0) is 30.8 Å². The number of hydrazone groups is 1. The summed E-state index contributed by atoms with van der Waals surface area (Å²) in [6.07, 6.45) is 1.15. The van der Waals surface area contributed by atoms with E-state index in [9.17, 15) is 8.78 Å². The van der Waals surface area contributed by atoms with Crippen molar-refractivity contribution in [1.29, 1.82) is 0 Å². The van der Waals surface area contributed by atoms with Gasteiger partial charge in [0.05, 0.1) is 11.9 Å². The van der Waals surface area contributed by atoms with E-state index in [2.05, 4.69) is 58.8 Å². The third-order valence-corrected chi connectivity index (χ3v) is 4.78. The molecule has 0 bridgehead atoms. The third-order valence-electron chi connectivity index (χ3n) is 4.68. The molecule has 0 aromatic heterocycles. The summed E-state index contributed by atoms with van der Waals surface area (Å²) in [7, 11) is 0. The van der Waals surface area contributed by atoms with E-state index >= 15 is 0 Å². The average Bonchev–Trinajstić information content (AvgIpc) is 2.66. The lowest BCUT2D eigenvalue weighted by Gasteiger charge is -2.36. The Morgan fingerprint density at radius 3 is 2.46 bits per heavy atom. The van der Waals surface area contributed by atoms with Crippen molar-refractivity contribution in [3.05, 3.63) is 64.7 Å². The highest BCUT2D eigenvalue weighted by atomic mass is 32.1. The summed E-state index contributed by atoms with van der Waals surface area (Å²) >= 11 is 4.61. The van der Waals surface area contributed by atoms with Gasteiger partial charge in [0.2, 0.25) is 0 Å². The average molecular weight is 404 g/mol. The van der Waals surface area contributed by atoms with Crippen LogP contribution in [-0.2, 0) is 6.54 Å². The Labute approximate surface area is 168 Å². The Morgan fingerprint density at radius 1 is 1.14 bits per heavy atom. The van der Waals surface area contributed by atoms with E-state index in [1.165, 1.54) is 17.2 Å². The number of nitrogens with one attached hydrogen (secondary N) is 1. The van der Waals surface area contributed by atoms with Gasteiger partial charge in [-0.25, -0.2) is 8.78 Å². The molecule has 0 atom stereocenters. The number of halogens is 2. The normalized spacial score (nSPS) is 15.2. The van der Waals surface area contributed by atoms with Crippen LogP contribution in [0.5, 0.6) is 0 Å². The van der Waals surface area contributed by atoms with E-state index in [-0.39, 0.29) is 16.4 Å². The Hall–Kier alpha value is -2.58. The molecule has 148 valence electrons. The maximum Gasteiger partial charge on any atom is 0.184 e. The van der Waals surface area contributed by atoms with E-state index < -0.39 is 11.6 Å². The zero-order valence-electron chi connectivity index (χ0n) is 15.7. The molecule has 0 spiro atoms. The second-order valence-corrected chi connectivity index (χ2v) is 7.25. The minimum atomic E-state index is -0.549. The monoisotopic (exact) mass is 403 g/mol. The van der Waals surface area contributed by atoms with Crippen molar-refractivity contribution in [2.75, 3.05) is 31.1 Å². The molecule has 1 saturated heterocycles. The van der Waals surface area contributed by atoms with Crippen molar-refractivity contribution < 1.29 is 8.78 Å². The van der Waals surface area contributed by atoms with Crippen LogP contribution in [0.1, 0.15) is 16.7 Å². The van der Waals surface area contributed by atoms with Crippen LogP contribution in [0.15, 0.2) is 41.5 Å². The lowest BCUT2D eigenvalue weighted by atomic mass is 10.1.